The van der Waals surface area contributed by atoms with Crippen molar-refractivity contribution in [2.75, 3.05) is 25.1 Å². The van der Waals surface area contributed by atoms with Gasteiger partial charge in [0.2, 0.25) is 5.75 Å². The first-order valence-electron chi connectivity index (χ1n) is 5.34. The molecule has 0 amide bonds. The summed E-state index contributed by atoms with van der Waals surface area (Å²) in [6, 6.07) is 0.138. The van der Waals surface area contributed by atoms with E-state index in [4.69, 9.17) is 10.5 Å². The van der Waals surface area contributed by atoms with Crippen LogP contribution in [0.5, 0.6) is 5.75 Å². The van der Waals surface area contributed by atoms with Crippen molar-refractivity contribution in [1.29, 1.82) is 0 Å². The van der Waals surface area contributed by atoms with Crippen molar-refractivity contribution in [3.63, 3.8) is 0 Å². The molecular weight excluding hydrogens is 208 g/mol. The molecule has 16 heavy (non-hydrogen) atoms. The Hall–Kier alpha value is -1.56. The molecule has 88 valence electrons. The van der Waals surface area contributed by atoms with Gasteiger partial charge in [0.05, 0.1) is 13.4 Å². The number of nitrogens with two attached hydrogens (primary N) is 1. The first kappa shape index (κ1) is 10.9. The highest BCUT2D eigenvalue weighted by Gasteiger charge is 2.22. The van der Waals surface area contributed by atoms with Crippen LogP contribution in [0.15, 0.2) is 11.1 Å². The fraction of sp³-hybridized carbons (Fsp3) is 0.600. The van der Waals surface area contributed by atoms with E-state index in [0.29, 0.717) is 12.4 Å². The third-order valence-corrected chi connectivity index (χ3v) is 2.75. The highest BCUT2D eigenvalue weighted by molar-refractivity contribution is 5.51. The van der Waals surface area contributed by atoms with Crippen LogP contribution in [0.1, 0.15) is 12.8 Å². The van der Waals surface area contributed by atoms with Crippen molar-refractivity contribution < 1.29 is 4.74 Å². The minimum absolute atomic E-state index is 0.138. The second-order valence-electron chi connectivity index (χ2n) is 3.94. The number of rotatable bonds is 2. The topological polar surface area (TPSA) is 84.2 Å². The number of nitrogens with one attached hydrogen (secondary N) is 1. The van der Waals surface area contributed by atoms with Gasteiger partial charge in [0.1, 0.15) is 0 Å². The van der Waals surface area contributed by atoms with Crippen molar-refractivity contribution in [3.05, 3.63) is 16.7 Å². The standard InChI is InChI=1S/C10H16N4O2/c1-16-8-9(12-6-13-10(8)15)14-4-2-3-7(11)5-14/h6-7H,2-5,11H2,1H3,(H,12,13,15). The van der Waals surface area contributed by atoms with Crippen molar-refractivity contribution in [1.82, 2.24) is 9.97 Å². The van der Waals surface area contributed by atoms with Gasteiger partial charge >= 0.3 is 0 Å². The zero-order valence-corrected chi connectivity index (χ0v) is 9.27. The molecule has 3 N–H and O–H groups in total. The van der Waals surface area contributed by atoms with Crippen LogP contribution in [-0.2, 0) is 0 Å². The number of hydrogen-bond acceptors (Lipinski definition) is 5. The maximum atomic E-state index is 11.5. The molecule has 1 aromatic rings. The van der Waals surface area contributed by atoms with Crippen LogP contribution in [0.25, 0.3) is 0 Å². The Morgan fingerprint density at radius 1 is 1.69 bits per heavy atom. The molecule has 1 unspecified atom stereocenters. The predicted molar refractivity (Wildman–Crippen MR) is 60.8 cm³/mol. The molecule has 1 fully saturated rings. The summed E-state index contributed by atoms with van der Waals surface area (Å²) in [5.74, 6) is 0.845. The van der Waals surface area contributed by atoms with Crippen LogP contribution in [0.3, 0.4) is 0 Å². The van der Waals surface area contributed by atoms with E-state index in [1.807, 2.05) is 4.90 Å². The largest absolute Gasteiger partial charge is 0.489 e. The van der Waals surface area contributed by atoms with Gasteiger partial charge < -0.3 is 20.4 Å². The lowest BCUT2D eigenvalue weighted by Gasteiger charge is -2.31. The molecule has 1 saturated heterocycles. The molecule has 1 atom stereocenters. The summed E-state index contributed by atoms with van der Waals surface area (Å²) in [7, 11) is 1.47. The van der Waals surface area contributed by atoms with Gasteiger partial charge in [-0.1, -0.05) is 0 Å². The molecule has 1 aliphatic rings. The van der Waals surface area contributed by atoms with E-state index in [-0.39, 0.29) is 17.4 Å². The third kappa shape index (κ3) is 2.01. The Balaban J connectivity index is 2.32. The second-order valence-corrected chi connectivity index (χ2v) is 3.94. The number of aromatic nitrogens is 2. The molecule has 6 nitrogen and oxygen atoms in total. The summed E-state index contributed by atoms with van der Waals surface area (Å²) < 4.78 is 5.08. The fourth-order valence-corrected chi connectivity index (χ4v) is 1.99. The van der Waals surface area contributed by atoms with E-state index < -0.39 is 0 Å². The number of anilines is 1. The normalized spacial score (nSPS) is 20.9. The van der Waals surface area contributed by atoms with Crippen LogP contribution < -0.4 is 20.9 Å². The predicted octanol–water partition coefficient (Wildman–Crippen LogP) is -0.294. The lowest BCUT2D eigenvalue weighted by atomic mass is 10.1. The van der Waals surface area contributed by atoms with Crippen molar-refractivity contribution in [3.8, 4) is 5.75 Å². The quantitative estimate of drug-likeness (QED) is 0.721. The first-order valence-corrected chi connectivity index (χ1v) is 5.34. The van der Waals surface area contributed by atoms with E-state index >= 15 is 0 Å². The minimum Gasteiger partial charge on any atom is -0.489 e. The minimum atomic E-state index is -0.258. The number of ether oxygens (including phenoxy) is 1. The molecule has 0 spiro atoms. The Morgan fingerprint density at radius 2 is 2.50 bits per heavy atom. The molecule has 0 aromatic carbocycles. The zero-order valence-electron chi connectivity index (χ0n) is 9.27. The summed E-state index contributed by atoms with van der Waals surface area (Å²) in [6.07, 6.45) is 3.42. The lowest BCUT2D eigenvalue weighted by Crippen LogP contribution is -2.43. The SMILES string of the molecule is COc1c(N2CCCC(N)C2)nc[nH]c1=O. The monoisotopic (exact) mass is 224 g/mol. The van der Waals surface area contributed by atoms with Crippen LogP contribution in [0.2, 0.25) is 0 Å². The highest BCUT2D eigenvalue weighted by Crippen LogP contribution is 2.23. The smallest absolute Gasteiger partial charge is 0.295 e. The third-order valence-electron chi connectivity index (χ3n) is 2.75. The van der Waals surface area contributed by atoms with Gasteiger partial charge in [0, 0.05) is 19.1 Å². The summed E-state index contributed by atoms with van der Waals surface area (Å²) in [6.45, 7) is 1.58. The van der Waals surface area contributed by atoms with Gasteiger partial charge in [0.15, 0.2) is 5.82 Å². The average Bonchev–Trinajstić information content (AvgIpc) is 2.28. The van der Waals surface area contributed by atoms with Gasteiger partial charge in [0.25, 0.3) is 5.56 Å². The van der Waals surface area contributed by atoms with Crippen LogP contribution in [0.4, 0.5) is 5.82 Å². The summed E-state index contributed by atoms with van der Waals surface area (Å²) in [4.78, 5) is 20.2. The van der Waals surface area contributed by atoms with E-state index in [0.717, 1.165) is 19.4 Å². The molecule has 0 radical (unpaired) electrons. The van der Waals surface area contributed by atoms with Crippen LogP contribution >= 0.6 is 0 Å². The molecule has 0 bridgehead atoms. The Morgan fingerprint density at radius 3 is 3.19 bits per heavy atom. The Bertz CT molecular complexity index is 418. The summed E-state index contributed by atoms with van der Waals surface area (Å²) >= 11 is 0. The number of piperidine rings is 1. The van der Waals surface area contributed by atoms with Gasteiger partial charge in [-0.25, -0.2) is 4.98 Å². The van der Waals surface area contributed by atoms with E-state index in [9.17, 15) is 4.79 Å². The number of aromatic amines is 1. The zero-order chi connectivity index (χ0) is 11.5. The van der Waals surface area contributed by atoms with Crippen molar-refractivity contribution in [2.45, 2.75) is 18.9 Å². The number of H-pyrrole nitrogens is 1. The van der Waals surface area contributed by atoms with Gasteiger partial charge in [-0.15, -0.1) is 0 Å². The van der Waals surface area contributed by atoms with E-state index in [2.05, 4.69) is 9.97 Å². The molecule has 6 heteroatoms. The van der Waals surface area contributed by atoms with Gasteiger partial charge in [-0.05, 0) is 12.8 Å². The number of hydrogen-bond donors (Lipinski definition) is 2. The molecular formula is C10H16N4O2. The van der Waals surface area contributed by atoms with Crippen molar-refractivity contribution in [2.24, 2.45) is 5.73 Å². The molecule has 1 aromatic heterocycles. The Kier molecular flexibility index (Phi) is 3.09. The molecule has 0 aliphatic carbocycles. The Labute approximate surface area is 93.4 Å². The molecule has 2 rings (SSSR count). The summed E-state index contributed by atoms with van der Waals surface area (Å²) in [5.41, 5.74) is 5.64. The second kappa shape index (κ2) is 4.52. The number of nitrogens with zero attached hydrogens (tertiary/aromatic N) is 2. The molecule has 2 heterocycles. The maximum absolute atomic E-state index is 11.5. The first-order chi connectivity index (χ1) is 7.72. The van der Waals surface area contributed by atoms with E-state index in [1.54, 1.807) is 0 Å². The fourth-order valence-electron chi connectivity index (χ4n) is 1.99. The molecule has 0 saturated carbocycles. The van der Waals surface area contributed by atoms with Gasteiger partial charge in [-0.2, -0.15) is 0 Å². The van der Waals surface area contributed by atoms with E-state index in [1.165, 1.54) is 13.4 Å². The van der Waals surface area contributed by atoms with Crippen LogP contribution in [-0.4, -0.2) is 36.2 Å². The summed E-state index contributed by atoms with van der Waals surface area (Å²) in [5, 5.41) is 0. The van der Waals surface area contributed by atoms with Crippen LogP contribution in [0, 0.1) is 0 Å². The van der Waals surface area contributed by atoms with Gasteiger partial charge in [-0.3, -0.25) is 4.79 Å². The average molecular weight is 224 g/mol. The number of methoxy groups -OCH3 is 1. The van der Waals surface area contributed by atoms with Crippen molar-refractivity contribution >= 4 is 5.82 Å². The lowest BCUT2D eigenvalue weighted by molar-refractivity contribution is 0.401. The maximum Gasteiger partial charge on any atom is 0.295 e. The molecule has 1 aliphatic heterocycles. The highest BCUT2D eigenvalue weighted by atomic mass is 16.5.